The van der Waals surface area contributed by atoms with Crippen molar-refractivity contribution >= 4 is 28.9 Å². The summed E-state index contributed by atoms with van der Waals surface area (Å²) >= 11 is 0. The first-order valence-electron chi connectivity index (χ1n) is 9.51. The van der Waals surface area contributed by atoms with Crippen LogP contribution in [0.5, 0.6) is 0 Å². The van der Waals surface area contributed by atoms with Crippen molar-refractivity contribution in [3.05, 3.63) is 48.3 Å². The predicted octanol–water partition coefficient (Wildman–Crippen LogP) is 4.24. The van der Waals surface area contributed by atoms with Crippen molar-refractivity contribution in [3.63, 3.8) is 0 Å². The molecule has 2 amide bonds. The minimum Gasteiger partial charge on any atom is -0.354 e. The quantitative estimate of drug-likeness (QED) is 0.691. The molecule has 3 rings (SSSR count). The first-order chi connectivity index (χ1) is 13.1. The number of carbonyl (C=O) groups is 2. The molecule has 1 saturated carbocycles. The second-order valence-electron chi connectivity index (χ2n) is 7.01. The number of rotatable bonds is 5. The molecular weight excluding hydrogens is 340 g/mol. The Morgan fingerprint density at radius 3 is 2.26 bits per heavy atom. The summed E-state index contributed by atoms with van der Waals surface area (Å²) in [5.74, 6) is -0.175. The lowest BCUT2D eigenvalue weighted by Gasteiger charge is -2.16. The summed E-state index contributed by atoms with van der Waals surface area (Å²) in [6.45, 7) is 1.48. The van der Waals surface area contributed by atoms with Crippen molar-refractivity contribution in [2.45, 2.75) is 51.5 Å². The van der Waals surface area contributed by atoms with Gasteiger partial charge in [-0.1, -0.05) is 25.7 Å². The van der Waals surface area contributed by atoms with Crippen LogP contribution in [0.25, 0.3) is 0 Å². The zero-order valence-electron chi connectivity index (χ0n) is 15.6. The zero-order chi connectivity index (χ0) is 19.1. The summed E-state index contributed by atoms with van der Waals surface area (Å²) in [4.78, 5) is 27.8. The Balaban J connectivity index is 1.62. The van der Waals surface area contributed by atoms with Crippen LogP contribution in [0, 0.1) is 0 Å². The minimum atomic E-state index is -0.104. The molecule has 1 heterocycles. The summed E-state index contributed by atoms with van der Waals surface area (Å²) in [7, 11) is 0. The van der Waals surface area contributed by atoms with Crippen molar-refractivity contribution in [3.8, 4) is 0 Å². The number of amides is 2. The van der Waals surface area contributed by atoms with Crippen LogP contribution in [0.1, 0.15) is 55.8 Å². The Morgan fingerprint density at radius 2 is 1.59 bits per heavy atom. The number of anilines is 3. The Labute approximate surface area is 159 Å². The Kier molecular flexibility index (Phi) is 6.41. The third kappa shape index (κ3) is 5.81. The largest absolute Gasteiger partial charge is 0.354 e. The fourth-order valence-corrected chi connectivity index (χ4v) is 3.33. The van der Waals surface area contributed by atoms with Gasteiger partial charge in [-0.15, -0.1) is 0 Å². The van der Waals surface area contributed by atoms with Gasteiger partial charge < -0.3 is 16.0 Å². The number of hydrogen-bond acceptors (Lipinski definition) is 4. The fraction of sp³-hybridized carbons (Fsp3) is 0.381. The highest BCUT2D eigenvalue weighted by atomic mass is 16.2. The van der Waals surface area contributed by atoms with Crippen molar-refractivity contribution in [1.82, 2.24) is 10.3 Å². The number of carbonyl (C=O) groups excluding carboxylic acids is 2. The smallest absolute Gasteiger partial charge is 0.253 e. The zero-order valence-corrected chi connectivity index (χ0v) is 15.6. The molecule has 0 aliphatic heterocycles. The lowest BCUT2D eigenvalue weighted by Crippen LogP contribution is -2.34. The Bertz CT molecular complexity index is 781. The normalized spacial score (nSPS) is 14.9. The van der Waals surface area contributed by atoms with Crippen molar-refractivity contribution < 1.29 is 9.59 Å². The summed E-state index contributed by atoms with van der Waals surface area (Å²) in [6, 6.07) is 9.44. The van der Waals surface area contributed by atoms with Crippen LogP contribution in [0.3, 0.4) is 0 Å². The molecule has 3 N–H and O–H groups in total. The highest BCUT2D eigenvalue weighted by Gasteiger charge is 2.16. The van der Waals surface area contributed by atoms with E-state index in [2.05, 4.69) is 20.9 Å². The Hall–Kier alpha value is -2.89. The van der Waals surface area contributed by atoms with Gasteiger partial charge in [0.25, 0.3) is 5.91 Å². The Morgan fingerprint density at radius 1 is 0.926 bits per heavy atom. The van der Waals surface area contributed by atoms with Gasteiger partial charge in [0.1, 0.15) is 0 Å². The molecule has 1 aliphatic carbocycles. The van der Waals surface area contributed by atoms with Crippen LogP contribution in [0.4, 0.5) is 17.1 Å². The summed E-state index contributed by atoms with van der Waals surface area (Å²) < 4.78 is 0. The molecule has 142 valence electrons. The summed E-state index contributed by atoms with van der Waals surface area (Å²) in [5, 5.41) is 9.11. The topological polar surface area (TPSA) is 83.1 Å². The van der Waals surface area contributed by atoms with E-state index in [4.69, 9.17) is 0 Å². The molecule has 6 heteroatoms. The highest BCUT2D eigenvalue weighted by Crippen LogP contribution is 2.20. The van der Waals surface area contributed by atoms with Crippen LogP contribution in [-0.4, -0.2) is 22.8 Å². The molecule has 0 saturated heterocycles. The van der Waals surface area contributed by atoms with E-state index in [1.54, 1.807) is 18.5 Å². The lowest BCUT2D eigenvalue weighted by molar-refractivity contribution is -0.114. The van der Waals surface area contributed by atoms with Crippen molar-refractivity contribution in [1.29, 1.82) is 0 Å². The number of nitrogens with one attached hydrogen (secondary N) is 3. The van der Waals surface area contributed by atoms with E-state index < -0.39 is 0 Å². The second kappa shape index (κ2) is 9.16. The van der Waals surface area contributed by atoms with Gasteiger partial charge in [-0.05, 0) is 43.2 Å². The molecule has 6 nitrogen and oxygen atoms in total. The predicted molar refractivity (Wildman–Crippen MR) is 107 cm³/mol. The molecular formula is C21H26N4O2. The van der Waals surface area contributed by atoms with Crippen LogP contribution in [0.2, 0.25) is 0 Å². The number of benzene rings is 1. The van der Waals surface area contributed by atoms with Crippen LogP contribution in [-0.2, 0) is 4.79 Å². The van der Waals surface area contributed by atoms with Gasteiger partial charge in [0, 0.05) is 30.5 Å². The van der Waals surface area contributed by atoms with Gasteiger partial charge >= 0.3 is 0 Å². The number of hydrogen-bond donors (Lipinski definition) is 3. The monoisotopic (exact) mass is 366 g/mol. The van der Waals surface area contributed by atoms with Crippen molar-refractivity contribution in [2.75, 3.05) is 10.6 Å². The second-order valence-corrected chi connectivity index (χ2v) is 7.01. The number of nitrogens with zero attached hydrogens (tertiary/aromatic N) is 1. The number of pyridine rings is 1. The molecule has 1 aliphatic rings. The molecule has 1 aromatic carbocycles. The van der Waals surface area contributed by atoms with E-state index in [-0.39, 0.29) is 17.9 Å². The maximum Gasteiger partial charge on any atom is 0.253 e. The molecule has 1 aromatic heterocycles. The molecule has 0 atom stereocenters. The standard InChI is InChI=1S/C21H26N4O2/c1-15(26)23-18-8-10-19(11-9-18)24-20-12-16(13-22-14-20)21(27)25-17-6-4-2-3-5-7-17/h8-14,17,24H,2-7H2,1H3,(H,23,26)(H,25,27). The third-order valence-corrected chi connectivity index (χ3v) is 4.68. The highest BCUT2D eigenvalue weighted by molar-refractivity contribution is 5.95. The average Bonchev–Trinajstić information content (AvgIpc) is 2.92. The summed E-state index contributed by atoms with van der Waals surface area (Å²) in [5.41, 5.74) is 2.89. The third-order valence-electron chi connectivity index (χ3n) is 4.68. The van der Waals surface area contributed by atoms with Crippen LogP contribution >= 0.6 is 0 Å². The maximum absolute atomic E-state index is 12.6. The van der Waals surface area contributed by atoms with Gasteiger partial charge in [0.15, 0.2) is 0 Å². The molecule has 0 spiro atoms. The molecule has 0 radical (unpaired) electrons. The van der Waals surface area contributed by atoms with Crippen LogP contribution in [0.15, 0.2) is 42.7 Å². The number of aromatic nitrogens is 1. The lowest BCUT2D eigenvalue weighted by atomic mass is 10.1. The molecule has 2 aromatic rings. The average molecular weight is 366 g/mol. The van der Waals surface area contributed by atoms with E-state index in [0.717, 1.165) is 29.9 Å². The molecule has 27 heavy (non-hydrogen) atoms. The van der Waals surface area contributed by atoms with Gasteiger partial charge in [-0.3, -0.25) is 14.6 Å². The van der Waals surface area contributed by atoms with Gasteiger partial charge in [0.05, 0.1) is 17.4 Å². The van der Waals surface area contributed by atoms with E-state index in [9.17, 15) is 9.59 Å². The van der Waals surface area contributed by atoms with Gasteiger partial charge in [-0.25, -0.2) is 0 Å². The van der Waals surface area contributed by atoms with Gasteiger partial charge in [-0.2, -0.15) is 0 Å². The first-order valence-corrected chi connectivity index (χ1v) is 9.51. The van der Waals surface area contributed by atoms with Gasteiger partial charge in [0.2, 0.25) is 5.91 Å². The van der Waals surface area contributed by atoms with Crippen LogP contribution < -0.4 is 16.0 Å². The molecule has 1 fully saturated rings. The molecule has 0 unspecified atom stereocenters. The molecule has 0 bridgehead atoms. The minimum absolute atomic E-state index is 0.0703. The van der Waals surface area contributed by atoms with E-state index >= 15 is 0 Å². The first kappa shape index (κ1) is 18.9. The summed E-state index contributed by atoms with van der Waals surface area (Å²) in [6.07, 6.45) is 10.3. The van der Waals surface area contributed by atoms with E-state index in [1.807, 2.05) is 24.3 Å². The SMILES string of the molecule is CC(=O)Nc1ccc(Nc2cncc(C(=O)NC3CCCCCC3)c2)cc1. The fourth-order valence-electron chi connectivity index (χ4n) is 3.33. The van der Waals surface area contributed by atoms with E-state index in [1.165, 1.54) is 32.6 Å². The van der Waals surface area contributed by atoms with E-state index in [0.29, 0.717) is 5.56 Å². The maximum atomic E-state index is 12.6. The van der Waals surface area contributed by atoms with Crippen molar-refractivity contribution in [2.24, 2.45) is 0 Å².